The molecule has 9 nitrogen and oxygen atoms in total. The van der Waals surface area contributed by atoms with Gasteiger partial charge in [0, 0.05) is 35.4 Å². The smallest absolute Gasteiger partial charge is 0.270 e. The summed E-state index contributed by atoms with van der Waals surface area (Å²) in [5, 5.41) is 26.1. The van der Waals surface area contributed by atoms with Crippen LogP contribution in [0.5, 0.6) is 0 Å². The molecule has 1 aliphatic heterocycles. The summed E-state index contributed by atoms with van der Waals surface area (Å²) in [5.41, 5.74) is 1.72. The number of amides is 2. The monoisotopic (exact) mass is 451 g/mol. The third-order valence-electron chi connectivity index (χ3n) is 5.08. The topological polar surface area (TPSA) is 137 Å². The van der Waals surface area contributed by atoms with Crippen LogP contribution in [0.25, 0.3) is 5.70 Å². The van der Waals surface area contributed by atoms with E-state index >= 15 is 0 Å². The van der Waals surface area contributed by atoms with Gasteiger partial charge < -0.3 is 10.6 Å². The van der Waals surface area contributed by atoms with Gasteiger partial charge in [-0.1, -0.05) is 60.7 Å². The van der Waals surface area contributed by atoms with Gasteiger partial charge in [-0.15, -0.1) is 0 Å². The third-order valence-corrected chi connectivity index (χ3v) is 5.08. The molecule has 0 saturated carbocycles. The Labute approximate surface area is 194 Å². The minimum atomic E-state index is -0.606. The van der Waals surface area contributed by atoms with Gasteiger partial charge in [0.15, 0.2) is 0 Å². The fourth-order valence-corrected chi connectivity index (χ4v) is 3.43. The summed E-state index contributed by atoms with van der Waals surface area (Å²) in [7, 11) is 0. The molecule has 0 atom stereocenters. The average Bonchev–Trinajstić information content (AvgIpc) is 3.22. The maximum atomic E-state index is 12.8. The summed E-state index contributed by atoms with van der Waals surface area (Å²) in [6.07, 6.45) is 0. The highest BCUT2D eigenvalue weighted by atomic mass is 16.6. The molecule has 3 aromatic rings. The first-order valence-corrected chi connectivity index (χ1v) is 10.2. The molecule has 9 heteroatoms. The van der Waals surface area contributed by atoms with Crippen LogP contribution in [0.3, 0.4) is 0 Å². The van der Waals surface area contributed by atoms with Crippen molar-refractivity contribution in [3.05, 3.63) is 117 Å². The Morgan fingerprint density at radius 2 is 1.68 bits per heavy atom. The molecular weight excluding hydrogens is 434 g/mol. The van der Waals surface area contributed by atoms with Crippen LogP contribution in [-0.2, 0) is 11.3 Å². The first kappa shape index (κ1) is 22.1. The van der Waals surface area contributed by atoms with Gasteiger partial charge >= 0.3 is 0 Å². The number of benzene rings is 3. The minimum absolute atomic E-state index is 0.0768. The molecule has 2 amide bonds. The summed E-state index contributed by atoms with van der Waals surface area (Å²) in [4.78, 5) is 40.3. The number of aliphatic imine (C=N–C) groups is 1. The van der Waals surface area contributed by atoms with Crippen LogP contribution < -0.4 is 10.6 Å². The van der Waals surface area contributed by atoms with Crippen LogP contribution in [0.4, 0.5) is 5.69 Å². The molecule has 0 unspecified atom stereocenters. The Hall–Kier alpha value is -5.10. The molecule has 1 heterocycles. The van der Waals surface area contributed by atoms with Crippen molar-refractivity contribution in [2.45, 2.75) is 6.54 Å². The summed E-state index contributed by atoms with van der Waals surface area (Å²) in [6.45, 7) is 0.236. The van der Waals surface area contributed by atoms with Gasteiger partial charge in [-0.05, 0) is 11.6 Å². The number of rotatable bonds is 5. The minimum Gasteiger partial charge on any atom is -0.347 e. The summed E-state index contributed by atoms with van der Waals surface area (Å²) < 4.78 is 0. The SMILES string of the molecule is N#CC(C(=O)NCc1ccccc1)=C1N=C(NC(=O)c2cccc([N+](=O)[O-])c2)c2ccccc21. The highest BCUT2D eigenvalue weighted by molar-refractivity contribution is 6.20. The van der Waals surface area contributed by atoms with E-state index in [9.17, 15) is 25.0 Å². The molecule has 0 radical (unpaired) electrons. The van der Waals surface area contributed by atoms with E-state index < -0.39 is 16.7 Å². The number of nitriles is 1. The van der Waals surface area contributed by atoms with Gasteiger partial charge in [-0.25, -0.2) is 4.99 Å². The van der Waals surface area contributed by atoms with Crippen molar-refractivity contribution in [1.82, 2.24) is 10.6 Å². The normalized spacial score (nSPS) is 13.2. The number of nitrogens with one attached hydrogen (secondary N) is 2. The van der Waals surface area contributed by atoms with E-state index in [0.29, 0.717) is 11.1 Å². The second-order valence-electron chi connectivity index (χ2n) is 7.27. The van der Waals surface area contributed by atoms with Crippen molar-refractivity contribution in [2.75, 3.05) is 0 Å². The Morgan fingerprint density at radius 1 is 0.971 bits per heavy atom. The molecule has 0 fully saturated rings. The molecule has 0 aliphatic carbocycles. The first-order chi connectivity index (χ1) is 16.5. The lowest BCUT2D eigenvalue weighted by molar-refractivity contribution is -0.384. The van der Waals surface area contributed by atoms with E-state index in [1.807, 2.05) is 36.4 Å². The van der Waals surface area contributed by atoms with E-state index in [2.05, 4.69) is 15.6 Å². The molecule has 1 aliphatic rings. The maximum Gasteiger partial charge on any atom is 0.270 e. The van der Waals surface area contributed by atoms with Crippen molar-refractivity contribution in [3.8, 4) is 6.07 Å². The molecule has 2 N–H and O–H groups in total. The van der Waals surface area contributed by atoms with Gasteiger partial charge in [0.1, 0.15) is 17.5 Å². The number of fused-ring (bicyclic) bond motifs is 1. The molecule has 0 spiro atoms. The predicted molar refractivity (Wildman–Crippen MR) is 124 cm³/mol. The fourth-order valence-electron chi connectivity index (χ4n) is 3.43. The maximum absolute atomic E-state index is 12.8. The lowest BCUT2D eigenvalue weighted by Gasteiger charge is -2.06. The van der Waals surface area contributed by atoms with Crippen molar-refractivity contribution < 1.29 is 14.5 Å². The lowest BCUT2D eigenvalue weighted by atomic mass is 10.0. The molecule has 0 aromatic heterocycles. The van der Waals surface area contributed by atoms with Crippen LogP contribution in [0.1, 0.15) is 27.0 Å². The van der Waals surface area contributed by atoms with E-state index in [1.165, 1.54) is 18.2 Å². The van der Waals surface area contributed by atoms with Gasteiger partial charge in [-0.2, -0.15) is 5.26 Å². The Morgan fingerprint density at radius 3 is 2.38 bits per heavy atom. The number of amidine groups is 1. The van der Waals surface area contributed by atoms with Gasteiger partial charge in [0.2, 0.25) is 0 Å². The number of hydrogen-bond donors (Lipinski definition) is 2. The largest absolute Gasteiger partial charge is 0.347 e. The second-order valence-corrected chi connectivity index (χ2v) is 7.27. The van der Waals surface area contributed by atoms with Crippen LogP contribution in [0.2, 0.25) is 0 Å². The van der Waals surface area contributed by atoms with Crippen LogP contribution in [0.15, 0.2) is 89.4 Å². The molecule has 0 bridgehead atoms. The molecule has 166 valence electrons. The van der Waals surface area contributed by atoms with Crippen molar-refractivity contribution in [3.63, 3.8) is 0 Å². The number of nitrogens with zero attached hydrogens (tertiary/aromatic N) is 3. The van der Waals surface area contributed by atoms with E-state index in [1.54, 1.807) is 24.3 Å². The number of non-ortho nitro benzene ring substituents is 1. The quantitative estimate of drug-likeness (QED) is 0.265. The molecule has 34 heavy (non-hydrogen) atoms. The zero-order valence-electron chi connectivity index (χ0n) is 17.7. The van der Waals surface area contributed by atoms with Crippen molar-refractivity contribution in [2.24, 2.45) is 4.99 Å². The highest BCUT2D eigenvalue weighted by Crippen LogP contribution is 2.30. The fraction of sp³-hybridized carbons (Fsp3) is 0.0400. The Balaban J connectivity index is 1.63. The van der Waals surface area contributed by atoms with E-state index in [4.69, 9.17) is 0 Å². The molecule has 4 rings (SSSR count). The summed E-state index contributed by atoms with van der Waals surface area (Å²) in [6, 6.07) is 23.3. The number of hydrogen-bond acceptors (Lipinski definition) is 6. The number of carbonyl (C=O) groups excluding carboxylic acids is 2. The zero-order chi connectivity index (χ0) is 24.1. The van der Waals surface area contributed by atoms with Crippen molar-refractivity contribution in [1.29, 1.82) is 5.26 Å². The molecule has 3 aromatic carbocycles. The second kappa shape index (κ2) is 9.58. The number of nitro benzene ring substituents is 1. The van der Waals surface area contributed by atoms with E-state index in [0.717, 1.165) is 11.6 Å². The summed E-state index contributed by atoms with van der Waals surface area (Å²) >= 11 is 0. The van der Waals surface area contributed by atoms with Gasteiger partial charge in [0.05, 0.1) is 10.6 Å². The Bertz CT molecular complexity index is 1400. The van der Waals surface area contributed by atoms with Gasteiger partial charge in [0.25, 0.3) is 17.5 Å². The number of nitro groups is 1. The highest BCUT2D eigenvalue weighted by Gasteiger charge is 2.27. The van der Waals surface area contributed by atoms with Gasteiger partial charge in [-0.3, -0.25) is 19.7 Å². The standard InChI is InChI=1S/C25H17N5O4/c26-14-21(25(32)27-15-16-7-2-1-3-8-16)22-19-11-4-5-12-20(19)23(28-22)29-24(31)17-9-6-10-18(13-17)30(33)34/h1-13H,15H2,(H,27,32)(H,28,29,31). The predicted octanol–water partition coefficient (Wildman–Crippen LogP) is 3.34. The Kier molecular flexibility index (Phi) is 6.23. The van der Waals surface area contributed by atoms with Crippen LogP contribution >= 0.6 is 0 Å². The molecule has 0 saturated heterocycles. The van der Waals surface area contributed by atoms with E-state index in [-0.39, 0.29) is 34.9 Å². The van der Waals surface area contributed by atoms with Crippen LogP contribution in [0, 0.1) is 21.4 Å². The van der Waals surface area contributed by atoms with Crippen molar-refractivity contribution >= 4 is 29.0 Å². The lowest BCUT2D eigenvalue weighted by Crippen LogP contribution is -2.30. The third kappa shape index (κ3) is 4.56. The van der Waals surface area contributed by atoms with Crippen LogP contribution in [-0.4, -0.2) is 22.6 Å². The average molecular weight is 451 g/mol. The molecular formula is C25H17N5O4. The first-order valence-electron chi connectivity index (χ1n) is 10.2. The number of carbonyl (C=O) groups is 2. The zero-order valence-corrected chi connectivity index (χ0v) is 17.7. The summed E-state index contributed by atoms with van der Waals surface area (Å²) in [5.74, 6) is -1.05.